The predicted octanol–water partition coefficient (Wildman–Crippen LogP) is 1.68. The van der Waals surface area contributed by atoms with Crippen molar-refractivity contribution in [2.45, 2.75) is 39.0 Å². The van der Waals surface area contributed by atoms with Gasteiger partial charge < -0.3 is 14.5 Å². The lowest BCUT2D eigenvalue weighted by Gasteiger charge is -2.04. The summed E-state index contributed by atoms with van der Waals surface area (Å²) >= 11 is 0. The second-order valence-electron chi connectivity index (χ2n) is 3.42. The van der Waals surface area contributed by atoms with E-state index in [9.17, 15) is 9.36 Å². The highest BCUT2D eigenvalue weighted by Crippen LogP contribution is 2.35. The molecule has 0 fully saturated rings. The van der Waals surface area contributed by atoms with Crippen LogP contribution in [-0.2, 0) is 14.1 Å². The van der Waals surface area contributed by atoms with Crippen LogP contribution < -0.4 is 0 Å². The first-order valence-corrected chi connectivity index (χ1v) is 6.95. The van der Waals surface area contributed by atoms with Crippen LogP contribution in [0.3, 0.4) is 0 Å². The SMILES string of the molecule is CCCCOC(=O)CCCCP(=O)(O)O. The van der Waals surface area contributed by atoms with Crippen molar-refractivity contribution in [2.75, 3.05) is 12.8 Å². The predicted molar refractivity (Wildman–Crippen MR) is 56.6 cm³/mol. The third kappa shape index (κ3) is 11.5. The van der Waals surface area contributed by atoms with Gasteiger partial charge in [-0.15, -0.1) is 0 Å². The van der Waals surface area contributed by atoms with Crippen molar-refractivity contribution in [1.29, 1.82) is 0 Å². The van der Waals surface area contributed by atoms with Crippen molar-refractivity contribution in [2.24, 2.45) is 0 Å². The highest BCUT2D eigenvalue weighted by Gasteiger charge is 2.12. The van der Waals surface area contributed by atoms with Crippen LogP contribution in [0.25, 0.3) is 0 Å². The maximum atomic E-state index is 11.0. The molecule has 0 bridgehead atoms. The van der Waals surface area contributed by atoms with Gasteiger partial charge in [-0.25, -0.2) is 0 Å². The van der Waals surface area contributed by atoms with Crippen molar-refractivity contribution in [3.05, 3.63) is 0 Å². The minimum absolute atomic E-state index is 0.158. The Balaban J connectivity index is 3.35. The number of ether oxygens (including phenoxy) is 1. The molecule has 0 saturated carbocycles. The molecular weight excluding hydrogens is 219 g/mol. The number of esters is 1. The Morgan fingerprint density at radius 2 is 1.93 bits per heavy atom. The monoisotopic (exact) mass is 238 g/mol. The lowest BCUT2D eigenvalue weighted by Crippen LogP contribution is -2.05. The quantitative estimate of drug-likeness (QED) is 0.382. The van der Waals surface area contributed by atoms with Crippen molar-refractivity contribution in [1.82, 2.24) is 0 Å². The minimum Gasteiger partial charge on any atom is -0.466 e. The molecule has 0 unspecified atom stereocenters. The Bertz CT molecular complexity index is 223. The fraction of sp³-hybridized carbons (Fsp3) is 0.889. The molecule has 0 aromatic carbocycles. The summed E-state index contributed by atoms with van der Waals surface area (Å²) in [5.41, 5.74) is 0. The van der Waals surface area contributed by atoms with Crippen molar-refractivity contribution < 1.29 is 23.9 Å². The highest BCUT2D eigenvalue weighted by atomic mass is 31.2. The zero-order valence-electron chi connectivity index (χ0n) is 9.02. The van der Waals surface area contributed by atoms with Crippen LogP contribution >= 0.6 is 7.60 Å². The van der Waals surface area contributed by atoms with E-state index in [0.717, 1.165) is 12.8 Å². The molecule has 0 rings (SSSR count). The van der Waals surface area contributed by atoms with Gasteiger partial charge in [-0.1, -0.05) is 13.3 Å². The summed E-state index contributed by atoms with van der Waals surface area (Å²) in [4.78, 5) is 28.1. The van der Waals surface area contributed by atoms with Gasteiger partial charge in [-0.05, 0) is 19.3 Å². The average molecular weight is 238 g/mol. The smallest absolute Gasteiger partial charge is 0.325 e. The zero-order valence-corrected chi connectivity index (χ0v) is 9.91. The number of rotatable bonds is 8. The summed E-state index contributed by atoms with van der Waals surface area (Å²) in [5, 5.41) is 0. The molecule has 5 nitrogen and oxygen atoms in total. The number of hydrogen-bond acceptors (Lipinski definition) is 3. The van der Waals surface area contributed by atoms with E-state index in [-0.39, 0.29) is 18.6 Å². The molecule has 6 heteroatoms. The van der Waals surface area contributed by atoms with Crippen molar-refractivity contribution in [3.63, 3.8) is 0 Å². The van der Waals surface area contributed by atoms with Crippen molar-refractivity contribution >= 4 is 13.6 Å². The molecule has 0 aromatic heterocycles. The number of hydrogen-bond donors (Lipinski definition) is 2. The third-order valence-corrected chi connectivity index (χ3v) is 2.74. The number of carbonyl (C=O) groups excluding carboxylic acids is 1. The second kappa shape index (κ2) is 7.85. The Morgan fingerprint density at radius 3 is 2.47 bits per heavy atom. The van der Waals surface area contributed by atoms with E-state index >= 15 is 0 Å². The molecular formula is C9H19O5P. The second-order valence-corrected chi connectivity index (χ2v) is 5.20. The number of unbranched alkanes of at least 4 members (excludes halogenated alkanes) is 2. The first kappa shape index (κ1) is 14.6. The Morgan fingerprint density at radius 1 is 1.27 bits per heavy atom. The lowest BCUT2D eigenvalue weighted by atomic mass is 10.2. The molecule has 0 saturated heterocycles. The molecule has 0 aliphatic heterocycles. The standard InChI is InChI=1S/C9H19O5P/c1-2-3-7-14-9(10)6-4-5-8-15(11,12)13/h2-8H2,1H3,(H2,11,12,13). The van der Waals surface area contributed by atoms with Gasteiger partial charge in [0.05, 0.1) is 6.61 Å². The Hall–Kier alpha value is -0.380. The van der Waals surface area contributed by atoms with Crippen LogP contribution in [0.15, 0.2) is 0 Å². The number of carbonyl (C=O) groups is 1. The van der Waals surface area contributed by atoms with Gasteiger partial charge in [0, 0.05) is 12.6 Å². The summed E-state index contributed by atoms with van der Waals surface area (Å²) in [6, 6.07) is 0. The summed E-state index contributed by atoms with van der Waals surface area (Å²) in [6.07, 6.45) is 2.74. The van der Waals surface area contributed by atoms with E-state index in [1.807, 2.05) is 6.92 Å². The van der Waals surface area contributed by atoms with Gasteiger partial charge in [-0.2, -0.15) is 0 Å². The summed E-state index contributed by atoms with van der Waals surface area (Å²) in [5.74, 6) is -0.283. The normalized spacial score (nSPS) is 11.4. The maximum absolute atomic E-state index is 11.0. The molecule has 0 aliphatic carbocycles. The van der Waals surface area contributed by atoms with Crippen molar-refractivity contribution in [3.8, 4) is 0 Å². The van der Waals surface area contributed by atoms with Gasteiger partial charge in [-0.3, -0.25) is 9.36 Å². The molecule has 0 heterocycles. The third-order valence-electron chi connectivity index (χ3n) is 1.84. The van der Waals surface area contributed by atoms with Gasteiger partial charge in [0.25, 0.3) is 0 Å². The van der Waals surface area contributed by atoms with E-state index in [1.165, 1.54) is 0 Å². The topological polar surface area (TPSA) is 83.8 Å². The first-order chi connectivity index (χ1) is 6.95. The van der Waals surface area contributed by atoms with E-state index in [1.54, 1.807) is 0 Å². The van der Waals surface area contributed by atoms with Crippen LogP contribution in [0.1, 0.15) is 39.0 Å². The van der Waals surface area contributed by atoms with E-state index in [4.69, 9.17) is 14.5 Å². The molecule has 0 atom stereocenters. The summed E-state index contributed by atoms with van der Waals surface area (Å²) in [7, 11) is -3.90. The van der Waals surface area contributed by atoms with Gasteiger partial charge in [0.2, 0.25) is 0 Å². The fourth-order valence-electron chi connectivity index (χ4n) is 0.990. The molecule has 0 aromatic rings. The molecule has 90 valence electrons. The van der Waals surface area contributed by atoms with Gasteiger partial charge >= 0.3 is 13.6 Å². The maximum Gasteiger partial charge on any atom is 0.325 e. The van der Waals surface area contributed by atoms with E-state index < -0.39 is 7.60 Å². The van der Waals surface area contributed by atoms with Crippen LogP contribution in [-0.4, -0.2) is 28.5 Å². The van der Waals surface area contributed by atoms with Crippen LogP contribution in [0, 0.1) is 0 Å². The van der Waals surface area contributed by atoms with Crippen LogP contribution in [0.5, 0.6) is 0 Å². The molecule has 2 N–H and O–H groups in total. The lowest BCUT2D eigenvalue weighted by molar-refractivity contribution is -0.143. The van der Waals surface area contributed by atoms with Crippen LogP contribution in [0.2, 0.25) is 0 Å². The molecule has 0 amide bonds. The minimum atomic E-state index is -3.90. The molecule has 0 aliphatic rings. The van der Waals surface area contributed by atoms with Gasteiger partial charge in [0.15, 0.2) is 0 Å². The van der Waals surface area contributed by atoms with Gasteiger partial charge in [0.1, 0.15) is 0 Å². The Kier molecular flexibility index (Phi) is 7.65. The largest absolute Gasteiger partial charge is 0.466 e. The fourth-order valence-corrected chi connectivity index (χ4v) is 1.63. The average Bonchev–Trinajstić information content (AvgIpc) is 2.11. The van der Waals surface area contributed by atoms with E-state index in [2.05, 4.69) is 0 Å². The highest BCUT2D eigenvalue weighted by molar-refractivity contribution is 7.51. The summed E-state index contributed by atoms with van der Waals surface area (Å²) < 4.78 is 15.3. The van der Waals surface area contributed by atoms with Crippen LogP contribution in [0.4, 0.5) is 0 Å². The molecule has 0 radical (unpaired) electrons. The molecule has 0 spiro atoms. The summed E-state index contributed by atoms with van der Waals surface area (Å²) in [6.45, 7) is 2.45. The Labute approximate surface area is 90.0 Å². The van der Waals surface area contributed by atoms with E-state index in [0.29, 0.717) is 19.4 Å². The first-order valence-electron chi connectivity index (χ1n) is 5.16. The zero-order chi connectivity index (χ0) is 11.7. The molecule has 15 heavy (non-hydrogen) atoms.